The highest BCUT2D eigenvalue weighted by Crippen LogP contribution is 2.22. The third-order valence-electron chi connectivity index (χ3n) is 3.57. The molecule has 0 saturated carbocycles. The van der Waals surface area contributed by atoms with E-state index in [4.69, 9.17) is 4.74 Å². The number of tetrazole rings is 1. The van der Waals surface area contributed by atoms with Gasteiger partial charge in [-0.05, 0) is 31.2 Å². The molecule has 0 saturated heterocycles. The summed E-state index contributed by atoms with van der Waals surface area (Å²) in [6.45, 7) is 3.51. The first kappa shape index (κ1) is 16.7. The Balaban J connectivity index is 1.59. The van der Waals surface area contributed by atoms with Crippen LogP contribution in [0.15, 0.2) is 24.3 Å². The number of hydrogen-bond donors (Lipinski definition) is 0. The zero-order valence-electron chi connectivity index (χ0n) is 13.9. The summed E-state index contributed by atoms with van der Waals surface area (Å²) in [5, 5.41) is 11.7. The van der Waals surface area contributed by atoms with Gasteiger partial charge >= 0.3 is 5.97 Å². The molecule has 1 aliphatic heterocycles. The Morgan fingerprint density at radius 2 is 1.80 bits per heavy atom. The van der Waals surface area contributed by atoms with E-state index in [-0.39, 0.29) is 37.4 Å². The Morgan fingerprint density at radius 3 is 2.40 bits per heavy atom. The van der Waals surface area contributed by atoms with Gasteiger partial charge in [-0.2, -0.15) is 4.80 Å². The Labute approximate surface area is 143 Å². The molecule has 2 heterocycles. The number of hydrogen-bond acceptors (Lipinski definition) is 7. The van der Waals surface area contributed by atoms with Crippen LogP contribution < -0.4 is 0 Å². The maximum absolute atomic E-state index is 12.3. The van der Waals surface area contributed by atoms with Gasteiger partial charge in [0.1, 0.15) is 0 Å². The SMILES string of the molecule is CC(C)OC(=O)Cn1nnc(CCN2C(=O)c3ccccc3C2=O)n1. The molecule has 0 radical (unpaired) electrons. The Morgan fingerprint density at radius 1 is 1.16 bits per heavy atom. The number of esters is 1. The lowest BCUT2D eigenvalue weighted by Gasteiger charge is -2.11. The Kier molecular flexibility index (Phi) is 4.55. The number of nitrogens with zero attached hydrogens (tertiary/aromatic N) is 5. The summed E-state index contributed by atoms with van der Waals surface area (Å²) in [6, 6.07) is 6.70. The topological polar surface area (TPSA) is 107 Å². The highest BCUT2D eigenvalue weighted by Gasteiger charge is 2.34. The lowest BCUT2D eigenvalue weighted by atomic mass is 10.1. The molecule has 2 aromatic rings. The van der Waals surface area contributed by atoms with Crippen molar-refractivity contribution in [3.63, 3.8) is 0 Å². The van der Waals surface area contributed by atoms with Crippen molar-refractivity contribution in [1.82, 2.24) is 25.1 Å². The Bertz CT molecular complexity index is 794. The number of carbonyl (C=O) groups excluding carboxylic acids is 3. The number of ether oxygens (including phenoxy) is 1. The van der Waals surface area contributed by atoms with Gasteiger partial charge in [-0.1, -0.05) is 12.1 Å². The summed E-state index contributed by atoms with van der Waals surface area (Å²) >= 11 is 0. The lowest BCUT2D eigenvalue weighted by Crippen LogP contribution is -2.32. The average Bonchev–Trinajstić information content (AvgIpc) is 3.09. The summed E-state index contributed by atoms with van der Waals surface area (Å²) in [5.41, 5.74) is 0.807. The molecule has 1 aromatic heterocycles. The molecule has 9 heteroatoms. The number of imide groups is 1. The molecule has 9 nitrogen and oxygen atoms in total. The van der Waals surface area contributed by atoms with E-state index in [1.807, 2.05) is 0 Å². The van der Waals surface area contributed by atoms with E-state index in [1.165, 1.54) is 4.90 Å². The van der Waals surface area contributed by atoms with Gasteiger partial charge in [0.2, 0.25) is 0 Å². The molecule has 2 amide bonds. The smallest absolute Gasteiger partial charge is 0.329 e. The number of benzene rings is 1. The minimum Gasteiger partial charge on any atom is -0.462 e. The second-order valence-corrected chi connectivity index (χ2v) is 5.83. The molecule has 0 spiro atoms. The molecule has 1 aromatic carbocycles. The monoisotopic (exact) mass is 343 g/mol. The van der Waals surface area contributed by atoms with Crippen LogP contribution in [-0.4, -0.2) is 55.5 Å². The third-order valence-corrected chi connectivity index (χ3v) is 3.57. The van der Waals surface area contributed by atoms with Crippen LogP contribution in [0.5, 0.6) is 0 Å². The van der Waals surface area contributed by atoms with Crippen LogP contribution in [0.4, 0.5) is 0 Å². The zero-order chi connectivity index (χ0) is 18.0. The Hall–Kier alpha value is -3.10. The van der Waals surface area contributed by atoms with E-state index in [9.17, 15) is 14.4 Å². The van der Waals surface area contributed by atoms with E-state index < -0.39 is 5.97 Å². The first-order valence-corrected chi connectivity index (χ1v) is 7.87. The molecule has 25 heavy (non-hydrogen) atoms. The van der Waals surface area contributed by atoms with Gasteiger partial charge in [0.05, 0.1) is 17.2 Å². The van der Waals surface area contributed by atoms with Gasteiger partial charge in [0.25, 0.3) is 11.8 Å². The van der Waals surface area contributed by atoms with E-state index in [0.717, 1.165) is 4.80 Å². The molecule has 3 rings (SSSR count). The summed E-state index contributed by atoms with van der Waals surface area (Å²) in [4.78, 5) is 38.4. The minimum atomic E-state index is -0.459. The minimum absolute atomic E-state index is 0.141. The highest BCUT2D eigenvalue weighted by molar-refractivity contribution is 6.21. The van der Waals surface area contributed by atoms with E-state index in [0.29, 0.717) is 17.0 Å². The molecule has 1 aliphatic rings. The summed E-state index contributed by atoms with van der Waals surface area (Å²) in [6.07, 6.45) is 0.0364. The van der Waals surface area contributed by atoms with Gasteiger partial charge in [0, 0.05) is 13.0 Å². The molecule has 0 aliphatic carbocycles. The zero-order valence-corrected chi connectivity index (χ0v) is 13.9. The number of aromatic nitrogens is 4. The van der Waals surface area contributed by atoms with Crippen molar-refractivity contribution in [2.24, 2.45) is 0 Å². The van der Waals surface area contributed by atoms with Gasteiger partial charge in [-0.3, -0.25) is 14.5 Å². The van der Waals surface area contributed by atoms with Crippen molar-refractivity contribution < 1.29 is 19.1 Å². The average molecular weight is 343 g/mol. The standard InChI is InChI=1S/C16H17N5O4/c1-10(2)25-14(22)9-21-18-13(17-19-21)7-8-20-15(23)11-5-3-4-6-12(11)16(20)24/h3-6,10H,7-9H2,1-2H3. The van der Waals surface area contributed by atoms with Gasteiger partial charge in [-0.25, -0.2) is 4.79 Å². The van der Waals surface area contributed by atoms with Gasteiger partial charge < -0.3 is 4.74 Å². The molecular weight excluding hydrogens is 326 g/mol. The summed E-state index contributed by atoms with van der Waals surface area (Å²) < 4.78 is 5.00. The fourth-order valence-electron chi connectivity index (χ4n) is 2.51. The van der Waals surface area contributed by atoms with Crippen molar-refractivity contribution in [3.8, 4) is 0 Å². The van der Waals surface area contributed by atoms with Crippen molar-refractivity contribution in [3.05, 3.63) is 41.2 Å². The summed E-state index contributed by atoms with van der Waals surface area (Å²) in [7, 11) is 0. The van der Waals surface area contributed by atoms with Crippen molar-refractivity contribution in [2.45, 2.75) is 32.9 Å². The van der Waals surface area contributed by atoms with E-state index in [1.54, 1.807) is 38.1 Å². The summed E-state index contributed by atoms with van der Waals surface area (Å²) in [5.74, 6) is -0.768. The number of rotatable bonds is 6. The van der Waals surface area contributed by atoms with E-state index >= 15 is 0 Å². The highest BCUT2D eigenvalue weighted by atomic mass is 16.5. The molecule has 0 atom stereocenters. The number of carbonyl (C=O) groups is 3. The molecule has 130 valence electrons. The molecular formula is C16H17N5O4. The maximum Gasteiger partial charge on any atom is 0.329 e. The predicted octanol–water partition coefficient (Wildman–Crippen LogP) is 0.463. The fourth-order valence-corrected chi connectivity index (χ4v) is 2.51. The second-order valence-electron chi connectivity index (χ2n) is 5.83. The van der Waals surface area contributed by atoms with Crippen LogP contribution in [0.2, 0.25) is 0 Å². The first-order chi connectivity index (χ1) is 12.0. The van der Waals surface area contributed by atoms with Gasteiger partial charge in [0.15, 0.2) is 12.4 Å². The quantitative estimate of drug-likeness (QED) is 0.554. The van der Waals surface area contributed by atoms with Crippen LogP contribution in [0.3, 0.4) is 0 Å². The lowest BCUT2D eigenvalue weighted by molar-refractivity contribution is -0.148. The predicted molar refractivity (Wildman–Crippen MR) is 84.6 cm³/mol. The molecule has 0 N–H and O–H groups in total. The maximum atomic E-state index is 12.3. The van der Waals surface area contributed by atoms with Crippen LogP contribution in [-0.2, 0) is 22.5 Å². The molecule has 0 fully saturated rings. The van der Waals surface area contributed by atoms with Crippen molar-refractivity contribution >= 4 is 17.8 Å². The molecule has 0 bridgehead atoms. The third kappa shape index (κ3) is 3.54. The first-order valence-electron chi connectivity index (χ1n) is 7.87. The second kappa shape index (κ2) is 6.80. The van der Waals surface area contributed by atoms with Crippen molar-refractivity contribution in [1.29, 1.82) is 0 Å². The van der Waals surface area contributed by atoms with Crippen LogP contribution in [0.1, 0.15) is 40.4 Å². The normalized spacial score (nSPS) is 13.5. The fraction of sp³-hybridized carbons (Fsp3) is 0.375. The van der Waals surface area contributed by atoms with Crippen LogP contribution >= 0.6 is 0 Å². The number of amides is 2. The van der Waals surface area contributed by atoms with Gasteiger partial charge in [-0.15, -0.1) is 10.2 Å². The number of fused-ring (bicyclic) bond motifs is 1. The largest absolute Gasteiger partial charge is 0.462 e. The van der Waals surface area contributed by atoms with Crippen LogP contribution in [0.25, 0.3) is 0 Å². The molecule has 0 unspecified atom stereocenters. The van der Waals surface area contributed by atoms with Crippen LogP contribution in [0, 0.1) is 0 Å². The van der Waals surface area contributed by atoms with Crippen molar-refractivity contribution in [2.75, 3.05) is 6.54 Å². The van der Waals surface area contributed by atoms with E-state index in [2.05, 4.69) is 15.4 Å².